The maximum Gasteiger partial charge on any atom is 0.157 e. The van der Waals surface area contributed by atoms with Crippen molar-refractivity contribution >= 4 is 5.82 Å². The fraction of sp³-hybridized carbons (Fsp3) is 0.214. The van der Waals surface area contributed by atoms with Gasteiger partial charge in [-0.1, -0.05) is 0 Å². The second-order valence-corrected chi connectivity index (χ2v) is 4.07. The molecule has 0 aliphatic carbocycles. The Morgan fingerprint density at radius 1 is 1.30 bits per heavy atom. The van der Waals surface area contributed by atoms with Crippen LogP contribution in [0.25, 0.3) is 11.3 Å². The molecule has 1 aromatic carbocycles. The Morgan fingerprint density at radius 3 is 2.80 bits per heavy atom. The first-order valence-electron chi connectivity index (χ1n) is 6.04. The summed E-state index contributed by atoms with van der Waals surface area (Å²) in [6.45, 7) is 2.62. The zero-order chi connectivity index (χ0) is 14.5. The highest BCUT2D eigenvalue weighted by Gasteiger charge is 2.08. The van der Waals surface area contributed by atoms with E-state index in [-0.39, 0.29) is 18.0 Å². The van der Waals surface area contributed by atoms with Gasteiger partial charge in [-0.2, -0.15) is 5.26 Å². The summed E-state index contributed by atoms with van der Waals surface area (Å²) in [5, 5.41) is 8.86. The normalized spacial score (nSPS) is 10.2. The first-order chi connectivity index (χ1) is 9.62. The van der Waals surface area contributed by atoms with Crippen LogP contribution in [0.3, 0.4) is 0 Å². The van der Waals surface area contributed by atoms with E-state index in [4.69, 9.17) is 15.7 Å². The number of ether oxygens (including phenoxy) is 1. The lowest BCUT2D eigenvalue weighted by atomic mass is 10.1. The summed E-state index contributed by atoms with van der Waals surface area (Å²) in [7, 11) is 0. The van der Waals surface area contributed by atoms with Gasteiger partial charge in [-0.25, -0.2) is 14.4 Å². The number of hydrogen-bond acceptors (Lipinski definition) is 5. The summed E-state index contributed by atoms with van der Waals surface area (Å²) in [4.78, 5) is 8.31. The first kappa shape index (κ1) is 13.9. The van der Waals surface area contributed by atoms with E-state index in [1.165, 1.54) is 12.1 Å². The third-order valence-corrected chi connectivity index (χ3v) is 2.55. The Morgan fingerprint density at radius 2 is 2.10 bits per heavy atom. The Bertz CT molecular complexity index is 667. The largest absolute Gasteiger partial charge is 0.384 e. The van der Waals surface area contributed by atoms with Crippen molar-refractivity contribution in [3.8, 4) is 17.3 Å². The van der Waals surface area contributed by atoms with Gasteiger partial charge in [0.2, 0.25) is 0 Å². The molecule has 1 heterocycles. The molecule has 0 saturated carbocycles. The van der Waals surface area contributed by atoms with Gasteiger partial charge in [0.05, 0.1) is 17.3 Å². The topological polar surface area (TPSA) is 84.8 Å². The standard InChI is InChI=1S/C14H13FN4O/c1-2-20-8-14-18-12(6-13(17)19-14)10-3-9(7-16)4-11(15)5-10/h3-6H,2,8H2,1H3,(H2,17,18,19). The molecule has 2 aromatic rings. The first-order valence-corrected chi connectivity index (χ1v) is 6.04. The summed E-state index contributed by atoms with van der Waals surface area (Å²) in [6, 6.07) is 7.45. The average Bonchev–Trinajstić information content (AvgIpc) is 2.43. The van der Waals surface area contributed by atoms with Gasteiger partial charge in [0, 0.05) is 18.2 Å². The predicted molar refractivity (Wildman–Crippen MR) is 71.9 cm³/mol. The number of hydrogen-bond donors (Lipinski definition) is 1. The zero-order valence-electron chi connectivity index (χ0n) is 10.9. The fourth-order valence-corrected chi connectivity index (χ4v) is 1.73. The van der Waals surface area contributed by atoms with Crippen LogP contribution in [0.15, 0.2) is 24.3 Å². The minimum atomic E-state index is -0.498. The van der Waals surface area contributed by atoms with Crippen molar-refractivity contribution in [1.29, 1.82) is 5.26 Å². The van der Waals surface area contributed by atoms with E-state index < -0.39 is 5.82 Å². The lowest BCUT2D eigenvalue weighted by Gasteiger charge is -2.07. The van der Waals surface area contributed by atoms with Crippen LogP contribution >= 0.6 is 0 Å². The summed E-state index contributed by atoms with van der Waals surface area (Å²) in [5.41, 5.74) is 6.88. The van der Waals surface area contributed by atoms with E-state index in [9.17, 15) is 4.39 Å². The van der Waals surface area contributed by atoms with Gasteiger partial charge in [-0.15, -0.1) is 0 Å². The minimum Gasteiger partial charge on any atom is -0.384 e. The van der Waals surface area contributed by atoms with Gasteiger partial charge in [0.1, 0.15) is 18.2 Å². The van der Waals surface area contributed by atoms with Crippen LogP contribution in [0.5, 0.6) is 0 Å². The van der Waals surface area contributed by atoms with Gasteiger partial charge in [0.15, 0.2) is 5.82 Å². The van der Waals surface area contributed by atoms with E-state index >= 15 is 0 Å². The third kappa shape index (κ3) is 3.28. The molecule has 0 aliphatic heterocycles. The molecule has 0 radical (unpaired) electrons. The Hall–Kier alpha value is -2.52. The Kier molecular flexibility index (Phi) is 4.23. The van der Waals surface area contributed by atoms with E-state index in [0.29, 0.717) is 23.7 Å². The maximum absolute atomic E-state index is 13.5. The van der Waals surface area contributed by atoms with E-state index in [0.717, 1.165) is 6.07 Å². The number of aromatic nitrogens is 2. The molecule has 0 amide bonds. The van der Waals surface area contributed by atoms with E-state index in [1.807, 2.05) is 13.0 Å². The number of halogens is 1. The van der Waals surface area contributed by atoms with Gasteiger partial charge in [-0.05, 0) is 25.1 Å². The summed E-state index contributed by atoms with van der Waals surface area (Å²) in [5.74, 6) is 0.194. The lowest BCUT2D eigenvalue weighted by molar-refractivity contribution is 0.128. The molecule has 1 aromatic heterocycles. The molecular formula is C14H13FN4O. The van der Waals surface area contributed by atoms with Gasteiger partial charge in [-0.3, -0.25) is 0 Å². The molecule has 0 fully saturated rings. The minimum absolute atomic E-state index is 0.226. The monoisotopic (exact) mass is 272 g/mol. The van der Waals surface area contributed by atoms with Crippen molar-refractivity contribution in [3.63, 3.8) is 0 Å². The second kappa shape index (κ2) is 6.08. The fourth-order valence-electron chi connectivity index (χ4n) is 1.73. The van der Waals surface area contributed by atoms with Crippen LogP contribution in [0.2, 0.25) is 0 Å². The quantitative estimate of drug-likeness (QED) is 0.922. The van der Waals surface area contributed by atoms with Crippen LogP contribution in [-0.2, 0) is 11.3 Å². The molecule has 5 nitrogen and oxygen atoms in total. The molecule has 102 valence electrons. The number of nitrogens with two attached hydrogens (primary N) is 1. The number of nitriles is 1. The highest BCUT2D eigenvalue weighted by atomic mass is 19.1. The SMILES string of the molecule is CCOCc1nc(N)cc(-c2cc(F)cc(C#N)c2)n1. The maximum atomic E-state index is 13.5. The Balaban J connectivity index is 2.44. The molecule has 0 saturated heterocycles. The molecule has 6 heteroatoms. The summed E-state index contributed by atoms with van der Waals surface area (Å²) < 4.78 is 18.7. The number of benzene rings is 1. The third-order valence-electron chi connectivity index (χ3n) is 2.55. The van der Waals surface area contributed by atoms with Crippen LogP contribution in [0, 0.1) is 17.1 Å². The number of nitrogens with zero attached hydrogens (tertiary/aromatic N) is 3. The molecule has 2 rings (SSSR count). The van der Waals surface area contributed by atoms with Crippen LogP contribution < -0.4 is 5.73 Å². The van der Waals surface area contributed by atoms with Crippen molar-refractivity contribution in [1.82, 2.24) is 9.97 Å². The molecular weight excluding hydrogens is 259 g/mol. The summed E-state index contributed by atoms with van der Waals surface area (Å²) in [6.07, 6.45) is 0. The average molecular weight is 272 g/mol. The number of rotatable bonds is 4. The molecule has 0 aliphatic rings. The van der Waals surface area contributed by atoms with Crippen molar-refractivity contribution in [3.05, 3.63) is 41.5 Å². The van der Waals surface area contributed by atoms with E-state index in [2.05, 4.69) is 9.97 Å². The predicted octanol–water partition coefficient (Wildman–Crippen LogP) is 2.27. The molecule has 2 N–H and O–H groups in total. The van der Waals surface area contributed by atoms with Crippen molar-refractivity contribution in [2.45, 2.75) is 13.5 Å². The zero-order valence-corrected chi connectivity index (χ0v) is 10.9. The number of nitrogen functional groups attached to an aromatic ring is 1. The lowest BCUT2D eigenvalue weighted by Crippen LogP contribution is -2.03. The van der Waals surface area contributed by atoms with Crippen LogP contribution in [0.1, 0.15) is 18.3 Å². The van der Waals surface area contributed by atoms with Crippen molar-refractivity contribution < 1.29 is 9.13 Å². The molecule has 0 atom stereocenters. The molecule has 0 unspecified atom stereocenters. The second-order valence-electron chi connectivity index (χ2n) is 4.07. The molecule has 0 spiro atoms. The molecule has 0 bridgehead atoms. The van der Waals surface area contributed by atoms with Gasteiger partial charge >= 0.3 is 0 Å². The van der Waals surface area contributed by atoms with Gasteiger partial charge in [0.25, 0.3) is 0 Å². The highest BCUT2D eigenvalue weighted by Crippen LogP contribution is 2.21. The van der Waals surface area contributed by atoms with Crippen LogP contribution in [0.4, 0.5) is 10.2 Å². The van der Waals surface area contributed by atoms with Crippen LogP contribution in [-0.4, -0.2) is 16.6 Å². The van der Waals surface area contributed by atoms with Crippen molar-refractivity contribution in [2.75, 3.05) is 12.3 Å². The summed E-state index contributed by atoms with van der Waals surface area (Å²) >= 11 is 0. The molecule has 20 heavy (non-hydrogen) atoms. The smallest absolute Gasteiger partial charge is 0.157 e. The Labute approximate surface area is 115 Å². The number of anilines is 1. The van der Waals surface area contributed by atoms with E-state index in [1.54, 1.807) is 6.07 Å². The van der Waals surface area contributed by atoms with Gasteiger partial charge < -0.3 is 10.5 Å². The van der Waals surface area contributed by atoms with Crippen molar-refractivity contribution in [2.24, 2.45) is 0 Å². The highest BCUT2D eigenvalue weighted by molar-refractivity contribution is 5.63.